The molecule has 162 valence electrons. The van der Waals surface area contributed by atoms with Crippen LogP contribution >= 0.6 is 0 Å². The number of rotatable bonds is 21. The molecule has 0 bridgehead atoms. The van der Waals surface area contributed by atoms with E-state index in [1.54, 1.807) is 0 Å². The Hall–Kier alpha value is -0.610. The number of nitrogens with one attached hydrogen (secondary N) is 2. The molecule has 0 rings (SSSR count). The molecule has 0 heterocycles. The Morgan fingerprint density at radius 1 is 0.630 bits per heavy atom. The van der Waals surface area contributed by atoms with E-state index in [1.165, 1.54) is 96.3 Å². The summed E-state index contributed by atoms with van der Waals surface area (Å²) in [5.41, 5.74) is 5.69. The summed E-state index contributed by atoms with van der Waals surface area (Å²) in [5, 5.41) is 8.73. The molecule has 0 spiro atoms. The van der Waals surface area contributed by atoms with E-state index < -0.39 is 0 Å². The quantitative estimate of drug-likeness (QED) is 0.167. The van der Waals surface area contributed by atoms with E-state index in [2.05, 4.69) is 10.9 Å². The first kappa shape index (κ1) is 26.4. The van der Waals surface area contributed by atoms with Gasteiger partial charge in [-0.25, -0.2) is 5.43 Å². The highest BCUT2D eigenvalue weighted by atomic mass is 16.2. The first-order valence-electron chi connectivity index (χ1n) is 11.8. The maximum Gasteiger partial charge on any atom is 0.234 e. The predicted octanol–water partition coefficient (Wildman–Crippen LogP) is 6.03. The molecule has 0 aliphatic carbocycles. The lowest BCUT2D eigenvalue weighted by molar-refractivity contribution is -0.122. The lowest BCUT2D eigenvalue weighted by atomic mass is 10.0. The van der Waals surface area contributed by atoms with Crippen molar-refractivity contribution >= 4 is 5.91 Å². The molecule has 0 aromatic carbocycles. The number of hydrogen-bond acceptors (Lipinski definition) is 3. The summed E-state index contributed by atoms with van der Waals surface area (Å²) in [6, 6.07) is 0.293. The molecular formula is C23H48N2O2. The summed E-state index contributed by atoms with van der Waals surface area (Å²) in [6.45, 7) is 4.39. The lowest BCUT2D eigenvalue weighted by Crippen LogP contribution is -2.41. The highest BCUT2D eigenvalue weighted by molar-refractivity contribution is 5.75. The van der Waals surface area contributed by atoms with Gasteiger partial charge in [0.15, 0.2) is 0 Å². The maximum absolute atomic E-state index is 11.5. The summed E-state index contributed by atoms with van der Waals surface area (Å²) in [7, 11) is 0. The number of unbranched alkanes of at least 4 members (excludes halogenated alkanes) is 16. The van der Waals surface area contributed by atoms with Crippen molar-refractivity contribution in [1.82, 2.24) is 10.9 Å². The van der Waals surface area contributed by atoms with E-state index in [0.717, 1.165) is 12.8 Å². The van der Waals surface area contributed by atoms with Crippen LogP contribution < -0.4 is 10.9 Å². The van der Waals surface area contributed by atoms with Crippen LogP contribution in [-0.4, -0.2) is 23.7 Å². The molecule has 0 radical (unpaired) electrons. The van der Waals surface area contributed by atoms with Crippen molar-refractivity contribution in [3.05, 3.63) is 0 Å². The first-order valence-corrected chi connectivity index (χ1v) is 11.8. The van der Waals surface area contributed by atoms with Gasteiger partial charge in [0, 0.05) is 19.1 Å². The third-order valence-corrected chi connectivity index (χ3v) is 5.06. The predicted molar refractivity (Wildman–Crippen MR) is 117 cm³/mol. The zero-order chi connectivity index (χ0) is 20.0. The van der Waals surface area contributed by atoms with Crippen LogP contribution in [0.1, 0.15) is 129 Å². The van der Waals surface area contributed by atoms with Gasteiger partial charge < -0.3 is 5.11 Å². The second kappa shape index (κ2) is 21.7. The molecule has 0 fully saturated rings. The largest absolute Gasteiger partial charge is 0.396 e. The minimum absolute atomic E-state index is 0.116. The van der Waals surface area contributed by atoms with E-state index in [1.807, 2.05) is 13.8 Å². The number of carbonyl (C=O) groups excluding carboxylic acids is 1. The van der Waals surface area contributed by atoms with Gasteiger partial charge in [-0.05, 0) is 26.7 Å². The van der Waals surface area contributed by atoms with E-state index in [4.69, 9.17) is 5.11 Å². The molecule has 0 saturated carbocycles. The molecule has 3 N–H and O–H groups in total. The van der Waals surface area contributed by atoms with Gasteiger partial charge in [0.2, 0.25) is 5.91 Å². The molecule has 4 nitrogen and oxygen atoms in total. The normalized spacial score (nSPS) is 11.3. The van der Waals surface area contributed by atoms with Gasteiger partial charge in [-0.1, -0.05) is 96.3 Å². The van der Waals surface area contributed by atoms with Gasteiger partial charge in [0.25, 0.3) is 0 Å². The van der Waals surface area contributed by atoms with Gasteiger partial charge in [-0.15, -0.1) is 0 Å². The highest BCUT2D eigenvalue weighted by Crippen LogP contribution is 2.14. The summed E-state index contributed by atoms with van der Waals surface area (Å²) in [5.74, 6) is 0.116. The fraction of sp³-hybridized carbons (Fsp3) is 0.957. The minimum Gasteiger partial charge on any atom is -0.396 e. The highest BCUT2D eigenvalue weighted by Gasteiger charge is 2.01. The number of hydrogen-bond donors (Lipinski definition) is 3. The third kappa shape index (κ3) is 23.4. The van der Waals surface area contributed by atoms with Crippen LogP contribution in [-0.2, 0) is 4.79 Å². The lowest BCUT2D eigenvalue weighted by Gasteiger charge is -2.09. The Balaban J connectivity index is 3.08. The van der Waals surface area contributed by atoms with Crippen molar-refractivity contribution in [3.8, 4) is 0 Å². The van der Waals surface area contributed by atoms with E-state index in [0.29, 0.717) is 19.1 Å². The Labute approximate surface area is 169 Å². The third-order valence-electron chi connectivity index (χ3n) is 5.06. The van der Waals surface area contributed by atoms with Crippen molar-refractivity contribution in [2.45, 2.75) is 135 Å². The van der Waals surface area contributed by atoms with Crippen LogP contribution in [0.15, 0.2) is 0 Å². The molecule has 4 heteroatoms. The summed E-state index contributed by atoms with van der Waals surface area (Å²) in [6.07, 6.45) is 22.7. The van der Waals surface area contributed by atoms with E-state index in [9.17, 15) is 4.79 Å². The standard InChI is InChI=1S/C23H48N2O2/c1-22(2)24-25-23(27)20-18-16-14-12-10-8-6-4-3-5-7-9-11-13-15-17-19-21-26/h22,24,26H,3-21H2,1-2H3,(H,25,27). The SMILES string of the molecule is CC(C)NNC(=O)CCCCCCCCCCCCCCCCCCCO. The van der Waals surface area contributed by atoms with Crippen molar-refractivity contribution < 1.29 is 9.90 Å². The Morgan fingerprint density at radius 3 is 1.30 bits per heavy atom. The summed E-state index contributed by atoms with van der Waals surface area (Å²) < 4.78 is 0. The van der Waals surface area contributed by atoms with Gasteiger partial charge in [0.1, 0.15) is 0 Å². The fourth-order valence-electron chi connectivity index (χ4n) is 3.34. The zero-order valence-electron chi connectivity index (χ0n) is 18.4. The Bertz CT molecular complexity index is 309. The molecule has 0 aliphatic rings. The molecule has 0 saturated heterocycles. The molecule has 0 aromatic rings. The maximum atomic E-state index is 11.5. The second-order valence-electron chi connectivity index (χ2n) is 8.33. The summed E-state index contributed by atoms with van der Waals surface area (Å²) >= 11 is 0. The number of amides is 1. The molecule has 0 unspecified atom stereocenters. The van der Waals surface area contributed by atoms with Crippen molar-refractivity contribution in [3.63, 3.8) is 0 Å². The Kier molecular flexibility index (Phi) is 21.2. The second-order valence-corrected chi connectivity index (χ2v) is 8.33. The molecule has 27 heavy (non-hydrogen) atoms. The van der Waals surface area contributed by atoms with Crippen LogP contribution in [0.5, 0.6) is 0 Å². The average molecular weight is 385 g/mol. The molecule has 0 aliphatic heterocycles. The number of carbonyl (C=O) groups is 1. The van der Waals surface area contributed by atoms with Gasteiger partial charge in [-0.2, -0.15) is 0 Å². The van der Waals surface area contributed by atoms with Gasteiger partial charge in [-0.3, -0.25) is 10.2 Å². The van der Waals surface area contributed by atoms with Crippen molar-refractivity contribution in [2.75, 3.05) is 6.61 Å². The minimum atomic E-state index is 0.116. The molecular weight excluding hydrogens is 336 g/mol. The monoisotopic (exact) mass is 384 g/mol. The van der Waals surface area contributed by atoms with E-state index in [-0.39, 0.29) is 5.91 Å². The van der Waals surface area contributed by atoms with Crippen molar-refractivity contribution in [1.29, 1.82) is 0 Å². The van der Waals surface area contributed by atoms with Crippen LogP contribution in [0.4, 0.5) is 0 Å². The smallest absolute Gasteiger partial charge is 0.234 e. The number of aliphatic hydroxyl groups excluding tert-OH is 1. The average Bonchev–Trinajstić information content (AvgIpc) is 2.65. The first-order chi connectivity index (χ1) is 13.2. The van der Waals surface area contributed by atoms with Crippen LogP contribution in [0.3, 0.4) is 0 Å². The Morgan fingerprint density at radius 2 is 0.963 bits per heavy atom. The van der Waals surface area contributed by atoms with Crippen LogP contribution in [0.2, 0.25) is 0 Å². The number of hydrazine groups is 1. The summed E-state index contributed by atoms with van der Waals surface area (Å²) in [4.78, 5) is 11.5. The van der Waals surface area contributed by atoms with Gasteiger partial charge >= 0.3 is 0 Å². The van der Waals surface area contributed by atoms with Crippen molar-refractivity contribution in [2.24, 2.45) is 0 Å². The molecule has 1 amide bonds. The number of aliphatic hydroxyl groups is 1. The van der Waals surface area contributed by atoms with Crippen LogP contribution in [0, 0.1) is 0 Å². The zero-order valence-corrected chi connectivity index (χ0v) is 18.4. The molecule has 0 aromatic heterocycles. The van der Waals surface area contributed by atoms with Crippen LogP contribution in [0.25, 0.3) is 0 Å². The topological polar surface area (TPSA) is 61.4 Å². The molecule has 0 atom stereocenters. The fourth-order valence-corrected chi connectivity index (χ4v) is 3.34. The van der Waals surface area contributed by atoms with E-state index >= 15 is 0 Å². The van der Waals surface area contributed by atoms with Gasteiger partial charge in [0.05, 0.1) is 0 Å².